The lowest BCUT2D eigenvalue weighted by Gasteiger charge is -2.09. The quantitative estimate of drug-likeness (QED) is 0.129. The van der Waals surface area contributed by atoms with E-state index in [4.69, 9.17) is 0 Å². The van der Waals surface area contributed by atoms with Gasteiger partial charge in [0.2, 0.25) is 0 Å². The second-order valence-corrected chi connectivity index (χ2v) is 11.0. The molecule has 4 rings (SSSR count). The number of benzene rings is 4. The van der Waals surface area contributed by atoms with Crippen molar-refractivity contribution >= 4 is 66.2 Å². The molecule has 0 fully saturated rings. The van der Waals surface area contributed by atoms with Crippen LogP contribution in [-0.4, -0.2) is 49.2 Å². The molecule has 4 aromatic carbocycles. The van der Waals surface area contributed by atoms with E-state index in [0.29, 0.717) is 17.9 Å². The second kappa shape index (κ2) is 10.7. The number of hydrogen-bond acceptors (Lipinski definition) is 9. The third-order valence-corrected chi connectivity index (χ3v) is 7.25. The van der Waals surface area contributed by atoms with Crippen molar-refractivity contribution in [3.63, 3.8) is 0 Å². The highest BCUT2D eigenvalue weighted by Crippen LogP contribution is 2.32. The fraction of sp³-hybridized carbons (Fsp3) is 0. The molecule has 0 aliphatic carbocycles. The molecule has 40 heavy (non-hydrogen) atoms. The maximum Gasteiger partial charge on any atom is 0.337 e. The number of azo groups is 1. The number of rotatable bonds is 8. The van der Waals surface area contributed by atoms with Crippen molar-refractivity contribution in [3.8, 4) is 0 Å². The Labute approximate surface area is 226 Å². The number of anilines is 1. The van der Waals surface area contributed by atoms with E-state index in [1.165, 1.54) is 54.6 Å². The van der Waals surface area contributed by atoms with Crippen molar-refractivity contribution in [1.82, 2.24) is 0 Å². The Morgan fingerprint density at radius 1 is 0.775 bits per heavy atom. The number of amides is 1. The molecule has 15 heteroatoms. The first kappa shape index (κ1) is 28.2. The third-order valence-electron chi connectivity index (χ3n) is 5.52. The third kappa shape index (κ3) is 6.24. The molecule has 1 amide bonds. The van der Waals surface area contributed by atoms with Gasteiger partial charge in [0.15, 0.2) is 0 Å². The molecule has 0 atom stereocenters. The van der Waals surface area contributed by atoms with Gasteiger partial charge in [0.25, 0.3) is 26.1 Å². The van der Waals surface area contributed by atoms with Crippen molar-refractivity contribution in [1.29, 1.82) is 0 Å². The normalized spacial score (nSPS) is 11.9. The van der Waals surface area contributed by atoms with Crippen molar-refractivity contribution in [2.24, 2.45) is 10.2 Å². The van der Waals surface area contributed by atoms with Gasteiger partial charge in [0.1, 0.15) is 11.2 Å². The number of nitrogens with zero attached hydrogens (tertiary/aromatic N) is 2. The number of carbonyl (C=O) groups excluding carboxylic acids is 2. The van der Waals surface area contributed by atoms with Gasteiger partial charge in [-0.25, -0.2) is 4.79 Å². The highest BCUT2D eigenvalue weighted by atomic mass is 32.2. The van der Waals surface area contributed by atoms with E-state index in [1.807, 2.05) is 0 Å². The van der Waals surface area contributed by atoms with Crippen molar-refractivity contribution < 1.29 is 45.4 Å². The van der Waals surface area contributed by atoms with Crippen LogP contribution in [0.2, 0.25) is 0 Å². The number of carboxylic acid groups (broad SMARTS) is 1. The van der Waals surface area contributed by atoms with E-state index in [2.05, 4.69) is 15.5 Å². The molecule has 0 aromatic heterocycles. The maximum atomic E-state index is 12.5. The number of carbonyl (C=O) groups is 3. The minimum Gasteiger partial charge on any atom is -0.478 e. The van der Waals surface area contributed by atoms with E-state index in [-0.39, 0.29) is 39.0 Å². The molecule has 204 valence electrons. The summed E-state index contributed by atoms with van der Waals surface area (Å²) in [5, 5.41) is 19.9. The van der Waals surface area contributed by atoms with Crippen LogP contribution in [0.15, 0.2) is 92.8 Å². The molecule has 4 N–H and O–H groups in total. The summed E-state index contributed by atoms with van der Waals surface area (Å²) in [6, 6.07) is 14.9. The number of hydrogen-bond donors (Lipinski definition) is 4. The van der Waals surface area contributed by atoms with Crippen LogP contribution in [0.3, 0.4) is 0 Å². The minimum absolute atomic E-state index is 0.0333. The van der Waals surface area contributed by atoms with Gasteiger partial charge < -0.3 is 10.4 Å². The fourth-order valence-electron chi connectivity index (χ4n) is 3.61. The largest absolute Gasteiger partial charge is 0.478 e. The zero-order valence-electron chi connectivity index (χ0n) is 19.9. The van der Waals surface area contributed by atoms with E-state index in [9.17, 15) is 45.4 Å². The summed E-state index contributed by atoms with van der Waals surface area (Å²) in [6.07, 6.45) is 0.614. The Balaban J connectivity index is 1.66. The van der Waals surface area contributed by atoms with Gasteiger partial charge in [0.05, 0.1) is 27.5 Å². The first-order chi connectivity index (χ1) is 18.8. The summed E-state index contributed by atoms with van der Waals surface area (Å²) < 4.78 is 65.6. The highest BCUT2D eigenvalue weighted by Gasteiger charge is 2.21. The molecular weight excluding hydrogens is 566 g/mol. The van der Waals surface area contributed by atoms with Gasteiger partial charge in [-0.2, -0.15) is 27.1 Å². The van der Waals surface area contributed by atoms with Crippen LogP contribution in [0.1, 0.15) is 31.1 Å². The number of carboxylic acids is 1. The summed E-state index contributed by atoms with van der Waals surface area (Å²) >= 11 is 0. The summed E-state index contributed by atoms with van der Waals surface area (Å²) in [5.74, 6) is -1.99. The monoisotopic (exact) mass is 583 g/mol. The molecule has 0 spiro atoms. The first-order valence-electron chi connectivity index (χ1n) is 10.9. The van der Waals surface area contributed by atoms with E-state index in [1.54, 1.807) is 0 Å². The van der Waals surface area contributed by atoms with Crippen LogP contribution in [-0.2, 0) is 20.2 Å². The number of fused-ring (bicyclic) bond motifs is 1. The van der Waals surface area contributed by atoms with Crippen LogP contribution in [0.5, 0.6) is 0 Å². The van der Waals surface area contributed by atoms with Crippen LogP contribution >= 0.6 is 0 Å². The molecule has 0 saturated carbocycles. The summed E-state index contributed by atoms with van der Waals surface area (Å²) in [6.45, 7) is 0. The van der Waals surface area contributed by atoms with Crippen LogP contribution in [0.4, 0.5) is 17.1 Å². The number of aldehydes is 1. The molecule has 0 bridgehead atoms. The van der Waals surface area contributed by atoms with Gasteiger partial charge in [0, 0.05) is 16.5 Å². The zero-order chi connectivity index (χ0) is 29.2. The predicted octanol–water partition coefficient (Wildman–Crippen LogP) is 4.51. The predicted molar refractivity (Wildman–Crippen MR) is 141 cm³/mol. The van der Waals surface area contributed by atoms with Crippen molar-refractivity contribution in [2.75, 3.05) is 5.32 Å². The standard InChI is InChI=1S/C25H17N3O10S2/c29-13-14-1-3-15(4-2-14)24(30)26-22-8-7-18(11-21(22)25(31)32)28-27-17-6-5-16-9-19(39(33,34)35)12-23(20(16)10-17)40(36,37)38/h1-13H,(H,26,30)(H,31,32)(H,33,34,35)(H,36,37,38). The first-order valence-corrected chi connectivity index (χ1v) is 13.8. The Hall–Kier alpha value is -4.83. The number of nitrogens with one attached hydrogen (secondary N) is 1. The lowest BCUT2D eigenvalue weighted by molar-refractivity contribution is 0.0697. The van der Waals surface area contributed by atoms with Crippen LogP contribution < -0.4 is 5.32 Å². The van der Waals surface area contributed by atoms with Gasteiger partial charge in [-0.1, -0.05) is 18.2 Å². The lowest BCUT2D eigenvalue weighted by Crippen LogP contribution is -2.14. The SMILES string of the molecule is O=Cc1ccc(C(=O)Nc2ccc(N=Nc3ccc4cc(S(=O)(=O)O)cc(S(=O)(=O)O)c4c3)cc2C(=O)O)cc1. The minimum atomic E-state index is -4.91. The summed E-state index contributed by atoms with van der Waals surface area (Å²) in [5.41, 5.74) is 0.330. The van der Waals surface area contributed by atoms with E-state index in [0.717, 1.165) is 12.1 Å². The average Bonchev–Trinajstić information content (AvgIpc) is 2.90. The molecule has 0 radical (unpaired) electrons. The molecule has 0 saturated heterocycles. The Kier molecular flexibility index (Phi) is 7.57. The molecule has 0 aliphatic heterocycles. The molecule has 4 aromatic rings. The van der Waals surface area contributed by atoms with E-state index >= 15 is 0 Å². The Morgan fingerprint density at radius 2 is 1.40 bits per heavy atom. The van der Waals surface area contributed by atoms with Gasteiger partial charge in [-0.15, -0.1) is 0 Å². The summed E-state index contributed by atoms with van der Waals surface area (Å²) in [7, 11) is -9.69. The Bertz CT molecular complexity index is 1940. The van der Waals surface area contributed by atoms with Crippen LogP contribution in [0.25, 0.3) is 10.8 Å². The lowest BCUT2D eigenvalue weighted by atomic mass is 10.1. The average molecular weight is 584 g/mol. The second-order valence-electron chi connectivity index (χ2n) is 8.21. The van der Waals surface area contributed by atoms with Gasteiger partial charge in [-0.3, -0.25) is 18.7 Å². The fourth-order valence-corrected chi connectivity index (χ4v) is 4.96. The van der Waals surface area contributed by atoms with Crippen LogP contribution in [0, 0.1) is 0 Å². The van der Waals surface area contributed by atoms with Crippen molar-refractivity contribution in [3.05, 3.63) is 89.5 Å². The van der Waals surface area contributed by atoms with Crippen molar-refractivity contribution in [2.45, 2.75) is 9.79 Å². The Morgan fingerprint density at radius 3 is 1.98 bits per heavy atom. The zero-order valence-corrected chi connectivity index (χ0v) is 21.5. The van der Waals surface area contributed by atoms with Gasteiger partial charge in [-0.05, 0) is 60.0 Å². The highest BCUT2D eigenvalue weighted by molar-refractivity contribution is 7.86. The van der Waals surface area contributed by atoms with E-state index < -0.39 is 41.9 Å². The maximum absolute atomic E-state index is 12.5. The smallest absolute Gasteiger partial charge is 0.337 e. The molecular formula is C25H17N3O10S2. The van der Waals surface area contributed by atoms with Gasteiger partial charge >= 0.3 is 5.97 Å². The number of aromatic carboxylic acids is 1. The molecule has 0 unspecified atom stereocenters. The molecule has 0 heterocycles. The molecule has 0 aliphatic rings. The topological polar surface area (TPSA) is 217 Å². The molecule has 13 nitrogen and oxygen atoms in total. The summed E-state index contributed by atoms with van der Waals surface area (Å²) in [4.78, 5) is 33.6.